The van der Waals surface area contributed by atoms with Crippen LogP contribution in [0.3, 0.4) is 0 Å². The van der Waals surface area contributed by atoms with E-state index in [1.165, 1.54) is 0 Å². The van der Waals surface area contributed by atoms with Crippen molar-refractivity contribution in [3.8, 4) is 6.07 Å². The highest BCUT2D eigenvalue weighted by Gasteiger charge is 2.15. The first-order chi connectivity index (χ1) is 6.35. The highest BCUT2D eigenvalue weighted by molar-refractivity contribution is 5.70. The van der Waals surface area contributed by atoms with Gasteiger partial charge < -0.3 is 4.74 Å². The molecule has 0 bridgehead atoms. The van der Waals surface area contributed by atoms with Gasteiger partial charge in [0.1, 0.15) is 5.60 Å². The fraction of sp³-hybridized carbons (Fsp3) is 0.636. The Hall–Kier alpha value is -1.30. The molecule has 0 amide bonds. The molecule has 14 heavy (non-hydrogen) atoms. The average Bonchev–Trinajstić information content (AvgIpc) is 2.00. The van der Waals surface area contributed by atoms with E-state index in [0.717, 1.165) is 0 Å². The third-order valence-corrected chi connectivity index (χ3v) is 1.40. The van der Waals surface area contributed by atoms with Crippen molar-refractivity contribution in [2.75, 3.05) is 0 Å². The van der Waals surface area contributed by atoms with Crippen LogP contribution < -0.4 is 0 Å². The minimum Gasteiger partial charge on any atom is -0.460 e. The average molecular weight is 195 g/mol. The molecule has 0 radical (unpaired) electrons. The van der Waals surface area contributed by atoms with E-state index in [4.69, 9.17) is 10.00 Å². The Morgan fingerprint density at radius 2 is 2.07 bits per heavy atom. The van der Waals surface area contributed by atoms with Crippen molar-refractivity contribution < 1.29 is 9.53 Å². The van der Waals surface area contributed by atoms with Crippen molar-refractivity contribution in [2.45, 2.75) is 46.1 Å². The van der Waals surface area contributed by atoms with E-state index >= 15 is 0 Å². The summed E-state index contributed by atoms with van der Waals surface area (Å²) in [4.78, 5) is 11.2. The standard InChI is InChI=1S/C11H17NO2/c1-9(8-12)6-5-7-10(13)14-11(2,3)4/h6H,5,7H2,1-4H3/b9-6+. The van der Waals surface area contributed by atoms with Crippen molar-refractivity contribution in [1.82, 2.24) is 0 Å². The molecule has 0 saturated heterocycles. The molecule has 3 heteroatoms. The number of hydrogen-bond donors (Lipinski definition) is 0. The highest BCUT2D eigenvalue weighted by atomic mass is 16.6. The SMILES string of the molecule is C/C(C#N)=C\CCC(=O)OC(C)(C)C. The van der Waals surface area contributed by atoms with Gasteiger partial charge in [-0.15, -0.1) is 0 Å². The van der Waals surface area contributed by atoms with Gasteiger partial charge in [0.2, 0.25) is 0 Å². The number of allylic oxidation sites excluding steroid dienone is 2. The van der Waals surface area contributed by atoms with Crippen LogP contribution in [0.5, 0.6) is 0 Å². The van der Waals surface area contributed by atoms with E-state index < -0.39 is 5.60 Å². The Labute approximate surface area is 85.4 Å². The largest absolute Gasteiger partial charge is 0.460 e. The van der Waals surface area contributed by atoms with E-state index in [0.29, 0.717) is 18.4 Å². The third-order valence-electron chi connectivity index (χ3n) is 1.40. The molecule has 0 rings (SSSR count). The van der Waals surface area contributed by atoms with E-state index in [9.17, 15) is 4.79 Å². The van der Waals surface area contributed by atoms with Gasteiger partial charge in [0.25, 0.3) is 0 Å². The van der Waals surface area contributed by atoms with Gasteiger partial charge in [0.15, 0.2) is 0 Å². The zero-order valence-electron chi connectivity index (χ0n) is 9.26. The Morgan fingerprint density at radius 3 is 2.50 bits per heavy atom. The van der Waals surface area contributed by atoms with Crippen LogP contribution in [0.4, 0.5) is 0 Å². The molecule has 0 spiro atoms. The molecule has 0 aromatic carbocycles. The zero-order valence-corrected chi connectivity index (χ0v) is 9.26. The molecule has 0 aliphatic heterocycles. The molecule has 0 aromatic rings. The molecular formula is C11H17NO2. The normalized spacial score (nSPS) is 12.1. The lowest BCUT2D eigenvalue weighted by Crippen LogP contribution is -2.23. The summed E-state index contributed by atoms with van der Waals surface area (Å²) >= 11 is 0. The second-order valence-corrected chi connectivity index (χ2v) is 4.12. The van der Waals surface area contributed by atoms with Gasteiger partial charge in [-0.3, -0.25) is 4.79 Å². The van der Waals surface area contributed by atoms with Gasteiger partial charge in [0, 0.05) is 12.0 Å². The highest BCUT2D eigenvalue weighted by Crippen LogP contribution is 2.09. The summed E-state index contributed by atoms with van der Waals surface area (Å²) < 4.78 is 5.10. The van der Waals surface area contributed by atoms with Crippen molar-refractivity contribution in [3.63, 3.8) is 0 Å². The number of carbonyl (C=O) groups is 1. The monoisotopic (exact) mass is 195 g/mol. The van der Waals surface area contributed by atoms with Crippen LogP contribution in [0, 0.1) is 11.3 Å². The smallest absolute Gasteiger partial charge is 0.306 e. The number of esters is 1. The minimum absolute atomic E-state index is 0.223. The first kappa shape index (κ1) is 12.7. The van der Waals surface area contributed by atoms with E-state index in [1.54, 1.807) is 13.0 Å². The number of nitrogens with zero attached hydrogens (tertiary/aromatic N) is 1. The Kier molecular flexibility index (Phi) is 4.93. The van der Waals surface area contributed by atoms with Crippen molar-refractivity contribution in [1.29, 1.82) is 5.26 Å². The van der Waals surface area contributed by atoms with Gasteiger partial charge in [-0.2, -0.15) is 5.26 Å². The van der Waals surface area contributed by atoms with E-state index in [2.05, 4.69) is 0 Å². The van der Waals surface area contributed by atoms with E-state index in [1.807, 2.05) is 26.8 Å². The quantitative estimate of drug-likeness (QED) is 0.513. The van der Waals surface area contributed by atoms with Crippen molar-refractivity contribution in [2.24, 2.45) is 0 Å². The van der Waals surface area contributed by atoms with Crippen LogP contribution in [0.2, 0.25) is 0 Å². The van der Waals surface area contributed by atoms with Gasteiger partial charge in [-0.1, -0.05) is 6.08 Å². The van der Waals surface area contributed by atoms with Gasteiger partial charge in [0.05, 0.1) is 6.07 Å². The Balaban J connectivity index is 3.83. The first-order valence-electron chi connectivity index (χ1n) is 4.64. The Bertz CT molecular complexity index is 266. The predicted molar refractivity (Wildman–Crippen MR) is 54.4 cm³/mol. The lowest BCUT2D eigenvalue weighted by atomic mass is 10.2. The van der Waals surface area contributed by atoms with Crippen molar-refractivity contribution >= 4 is 5.97 Å². The van der Waals surface area contributed by atoms with Crippen LogP contribution in [-0.4, -0.2) is 11.6 Å². The molecule has 0 heterocycles. The molecule has 0 saturated carbocycles. The van der Waals surface area contributed by atoms with Gasteiger partial charge >= 0.3 is 5.97 Å². The maximum atomic E-state index is 11.2. The molecule has 0 aliphatic carbocycles. The molecular weight excluding hydrogens is 178 g/mol. The van der Waals surface area contributed by atoms with Crippen LogP contribution in [0.25, 0.3) is 0 Å². The summed E-state index contributed by atoms with van der Waals surface area (Å²) in [6, 6.07) is 2.00. The maximum absolute atomic E-state index is 11.2. The third kappa shape index (κ3) is 7.35. The first-order valence-corrected chi connectivity index (χ1v) is 4.64. The summed E-state index contributed by atoms with van der Waals surface area (Å²) in [6.45, 7) is 7.22. The van der Waals surface area contributed by atoms with Crippen LogP contribution >= 0.6 is 0 Å². The molecule has 78 valence electrons. The second kappa shape index (κ2) is 5.43. The molecule has 0 aliphatic rings. The number of carbonyl (C=O) groups excluding carboxylic acids is 1. The lowest BCUT2D eigenvalue weighted by Gasteiger charge is -2.19. The van der Waals surface area contributed by atoms with E-state index in [-0.39, 0.29) is 5.97 Å². The summed E-state index contributed by atoms with van der Waals surface area (Å²) in [5.74, 6) is -0.223. The maximum Gasteiger partial charge on any atom is 0.306 e. The summed E-state index contributed by atoms with van der Waals surface area (Å²) in [5.41, 5.74) is 0.207. The second-order valence-electron chi connectivity index (χ2n) is 4.12. The molecule has 0 fully saturated rings. The summed E-state index contributed by atoms with van der Waals surface area (Å²) in [7, 11) is 0. The topological polar surface area (TPSA) is 50.1 Å². The fourth-order valence-corrected chi connectivity index (χ4v) is 0.845. The molecule has 0 unspecified atom stereocenters. The summed E-state index contributed by atoms with van der Waals surface area (Å²) in [5, 5.41) is 8.45. The zero-order chi connectivity index (χ0) is 11.2. The molecule has 3 nitrogen and oxygen atoms in total. The summed E-state index contributed by atoms with van der Waals surface area (Å²) in [6.07, 6.45) is 2.63. The minimum atomic E-state index is -0.426. The lowest BCUT2D eigenvalue weighted by molar-refractivity contribution is -0.154. The van der Waals surface area contributed by atoms with Crippen LogP contribution in [0.1, 0.15) is 40.5 Å². The Morgan fingerprint density at radius 1 is 1.50 bits per heavy atom. The van der Waals surface area contributed by atoms with Crippen molar-refractivity contribution in [3.05, 3.63) is 11.6 Å². The number of hydrogen-bond acceptors (Lipinski definition) is 3. The fourth-order valence-electron chi connectivity index (χ4n) is 0.845. The molecule has 0 atom stereocenters. The molecule has 0 aromatic heterocycles. The number of nitriles is 1. The number of ether oxygens (including phenoxy) is 1. The van der Waals surface area contributed by atoms with Gasteiger partial charge in [-0.25, -0.2) is 0 Å². The molecule has 0 N–H and O–H groups in total. The van der Waals surface area contributed by atoms with Crippen LogP contribution in [-0.2, 0) is 9.53 Å². The predicted octanol–water partition coefficient (Wildman–Crippen LogP) is 2.58. The van der Waals surface area contributed by atoms with Gasteiger partial charge in [-0.05, 0) is 34.1 Å². The number of rotatable bonds is 3. The van der Waals surface area contributed by atoms with Crippen LogP contribution in [0.15, 0.2) is 11.6 Å².